The molecule has 1 spiro atoms. The second-order valence-corrected chi connectivity index (χ2v) is 21.7. The van der Waals surface area contributed by atoms with Crippen LogP contribution in [0.15, 0.2) is 0 Å². The van der Waals surface area contributed by atoms with Crippen molar-refractivity contribution in [2.75, 3.05) is 19.8 Å². The molecule has 10 N–H and O–H groups in total. The molecule has 0 aromatic heterocycles. The van der Waals surface area contributed by atoms with Crippen LogP contribution in [0.25, 0.3) is 0 Å². The lowest BCUT2D eigenvalue weighted by atomic mass is 9.44. The Balaban J connectivity index is 0.919. The summed E-state index contributed by atoms with van der Waals surface area (Å²) in [5, 5.41) is 108. The van der Waals surface area contributed by atoms with Crippen molar-refractivity contribution in [3.8, 4) is 0 Å². The number of rotatable bonds is 8. The van der Waals surface area contributed by atoms with E-state index in [1.807, 2.05) is 0 Å². The quantitative estimate of drug-likeness (QED) is 0.134. The van der Waals surface area contributed by atoms with E-state index in [4.69, 9.17) is 37.9 Å². The van der Waals surface area contributed by atoms with Gasteiger partial charge in [0.1, 0.15) is 67.1 Å². The van der Waals surface area contributed by atoms with Crippen molar-refractivity contribution in [2.45, 2.75) is 209 Å². The van der Waals surface area contributed by atoms with Gasteiger partial charge in [-0.05, 0) is 105 Å². The van der Waals surface area contributed by atoms with Gasteiger partial charge in [-0.1, -0.05) is 27.7 Å². The zero-order chi connectivity index (χ0) is 45.1. The van der Waals surface area contributed by atoms with Gasteiger partial charge in [0.25, 0.3) is 0 Å². The van der Waals surface area contributed by atoms with Crippen LogP contribution in [0.5, 0.6) is 0 Å². The minimum Gasteiger partial charge on any atom is -0.394 e. The van der Waals surface area contributed by atoms with Crippen LogP contribution in [-0.4, -0.2) is 187 Å². The van der Waals surface area contributed by atoms with Crippen LogP contribution in [0.4, 0.5) is 0 Å². The normalized spacial score (nSPS) is 59.4. The summed E-state index contributed by atoms with van der Waals surface area (Å²) < 4.78 is 49.7. The maximum absolute atomic E-state index is 12.1. The van der Waals surface area contributed by atoms with Crippen LogP contribution in [0, 0.1) is 52.3 Å². The van der Waals surface area contributed by atoms with Crippen molar-refractivity contribution in [3.63, 3.8) is 0 Å². The Hall–Kier alpha value is -0.720. The molecule has 4 aliphatic carbocycles. The van der Waals surface area contributed by atoms with Crippen molar-refractivity contribution < 1.29 is 89.0 Å². The number of hydrogen-bond donors (Lipinski definition) is 10. The number of hydrogen-bond acceptors (Lipinski definition) is 18. The maximum atomic E-state index is 12.1. The highest BCUT2D eigenvalue weighted by Crippen LogP contribution is 2.71. The summed E-state index contributed by atoms with van der Waals surface area (Å²) in [5.41, 5.74) is -0.0386. The second kappa shape index (κ2) is 17.7. The highest BCUT2D eigenvalue weighted by Gasteiger charge is 2.69. The molecule has 63 heavy (non-hydrogen) atoms. The van der Waals surface area contributed by atoms with Crippen molar-refractivity contribution in [3.05, 3.63) is 0 Å². The van der Waals surface area contributed by atoms with Crippen molar-refractivity contribution in [2.24, 2.45) is 52.3 Å². The molecule has 0 aromatic carbocycles. The number of aliphatic hydroxyl groups excluding tert-OH is 10. The molecule has 5 unspecified atom stereocenters. The summed E-state index contributed by atoms with van der Waals surface area (Å²) in [6, 6.07) is 0. The van der Waals surface area contributed by atoms with Crippen molar-refractivity contribution in [1.29, 1.82) is 0 Å². The first-order chi connectivity index (χ1) is 29.8. The smallest absolute Gasteiger partial charge is 0.187 e. The van der Waals surface area contributed by atoms with E-state index in [2.05, 4.69) is 27.7 Å². The summed E-state index contributed by atoms with van der Waals surface area (Å²) >= 11 is 0. The Morgan fingerprint density at radius 2 is 1.27 bits per heavy atom. The van der Waals surface area contributed by atoms with Crippen LogP contribution in [0.2, 0.25) is 0 Å². The summed E-state index contributed by atoms with van der Waals surface area (Å²) in [6.07, 6.45) is -17.1. The molecule has 0 bridgehead atoms. The maximum Gasteiger partial charge on any atom is 0.187 e. The fourth-order valence-corrected chi connectivity index (χ4v) is 14.7. The molecule has 0 radical (unpaired) electrons. The summed E-state index contributed by atoms with van der Waals surface area (Å²) in [4.78, 5) is 0. The van der Waals surface area contributed by atoms with Gasteiger partial charge in [-0.3, -0.25) is 0 Å². The van der Waals surface area contributed by atoms with E-state index < -0.39 is 123 Å². The molecule has 4 saturated carbocycles. The number of ether oxygens (including phenoxy) is 8. The second-order valence-electron chi connectivity index (χ2n) is 21.7. The zero-order valence-corrected chi connectivity index (χ0v) is 37.2. The van der Waals surface area contributed by atoms with Crippen LogP contribution in [0.1, 0.15) is 92.4 Å². The van der Waals surface area contributed by atoms with E-state index in [1.54, 1.807) is 0 Å². The van der Waals surface area contributed by atoms with Gasteiger partial charge in [0.15, 0.2) is 24.7 Å². The molecule has 18 nitrogen and oxygen atoms in total. The van der Waals surface area contributed by atoms with E-state index in [0.717, 1.165) is 51.6 Å². The molecule has 5 heterocycles. The minimum atomic E-state index is -1.86. The van der Waals surface area contributed by atoms with Crippen molar-refractivity contribution in [1.82, 2.24) is 0 Å². The van der Waals surface area contributed by atoms with Gasteiger partial charge in [-0.25, -0.2) is 0 Å². The summed E-state index contributed by atoms with van der Waals surface area (Å²) in [5.74, 6) is 2.42. The van der Waals surface area contributed by atoms with Gasteiger partial charge < -0.3 is 89.0 Å². The minimum absolute atomic E-state index is 0.143. The van der Waals surface area contributed by atoms with Gasteiger partial charge in [0, 0.05) is 12.3 Å². The molecular weight excluding hydrogens is 828 g/mol. The average molecular weight is 903 g/mol. The van der Waals surface area contributed by atoms with E-state index in [0.29, 0.717) is 48.3 Å². The Kier molecular flexibility index (Phi) is 13.3. The lowest BCUT2D eigenvalue weighted by molar-refractivity contribution is -0.393. The Labute approximate surface area is 369 Å². The van der Waals surface area contributed by atoms with Crippen LogP contribution >= 0.6 is 0 Å². The Bertz CT molecular complexity index is 1580. The average Bonchev–Trinajstić information content (AvgIpc) is 3.70. The van der Waals surface area contributed by atoms with Gasteiger partial charge in [0.2, 0.25) is 0 Å². The SMILES string of the molecule is C[C@H]1CC[C@@]2(OC1)OC1CC3C4CC[C@H]5C[C@@H](O[C@@H]6O[C@H](CO)[C@@H](O[C@@H]7O[C@H](C)[C@H](O)[C@@H](O)[C@H]7O)[C@@H](O)[C@H]6O[C@@H]6O[C@H](CO)[C@@H](O)[C@H](O)[C@H]6O)[C@H](O)C[C@]5(C)C4CC[C@]3(C)C1[C@@H]2C. The van der Waals surface area contributed by atoms with E-state index in [9.17, 15) is 51.1 Å². The standard InChI is InChI=1S/C45H74O18/c1-18-8-11-45(56-17-18)19(2)30-27(63-45)13-24-22-7-6-21-12-26(25(48)14-44(21,5)23(22)9-10-43(24,30)4)58-42-39(62-41-36(54)34(52)32(50)28(15-46)59-41)37(55)38(29(16-47)60-42)61-40-35(53)33(51)31(49)20(3)57-40/h18-42,46-55H,6-17H2,1-5H3/t18-,19-,20+,21-,22?,23?,24?,25+,26+,27?,28+,29+,30?,31-,32+,33+,34-,35+,36+,37+,38+,39+,40-,41-,42+,43-,44-,45+/m0/s1. The summed E-state index contributed by atoms with van der Waals surface area (Å²) in [6.45, 7) is 10.2. The Morgan fingerprint density at radius 1 is 0.603 bits per heavy atom. The first-order valence-electron chi connectivity index (χ1n) is 23.8. The Morgan fingerprint density at radius 3 is 1.95 bits per heavy atom. The predicted octanol–water partition coefficient (Wildman–Crippen LogP) is -0.735. The molecule has 0 aromatic rings. The first kappa shape index (κ1) is 47.4. The summed E-state index contributed by atoms with van der Waals surface area (Å²) in [7, 11) is 0. The molecular formula is C45H74O18. The van der Waals surface area contributed by atoms with Gasteiger partial charge >= 0.3 is 0 Å². The monoisotopic (exact) mass is 902 g/mol. The van der Waals surface area contributed by atoms with E-state index in [-0.39, 0.29) is 22.9 Å². The number of aliphatic hydroxyl groups is 10. The third kappa shape index (κ3) is 7.79. The fourth-order valence-electron chi connectivity index (χ4n) is 14.7. The third-order valence-electron chi connectivity index (χ3n) is 18.3. The third-order valence-corrected chi connectivity index (χ3v) is 18.3. The lowest BCUT2D eigenvalue weighted by Crippen LogP contribution is -2.67. The fraction of sp³-hybridized carbons (Fsp3) is 1.00. The van der Waals surface area contributed by atoms with E-state index in [1.165, 1.54) is 6.92 Å². The molecule has 18 heteroatoms. The highest BCUT2D eigenvalue weighted by molar-refractivity contribution is 5.16. The molecule has 0 amide bonds. The predicted molar refractivity (Wildman–Crippen MR) is 216 cm³/mol. The largest absolute Gasteiger partial charge is 0.394 e. The van der Waals surface area contributed by atoms with Gasteiger partial charge in [0.05, 0.1) is 44.2 Å². The molecule has 5 saturated heterocycles. The van der Waals surface area contributed by atoms with Crippen molar-refractivity contribution >= 4 is 0 Å². The molecule has 9 fully saturated rings. The zero-order valence-electron chi connectivity index (χ0n) is 37.2. The van der Waals surface area contributed by atoms with E-state index >= 15 is 0 Å². The molecule has 9 rings (SSSR count). The molecule has 362 valence electrons. The molecule has 5 aliphatic heterocycles. The van der Waals surface area contributed by atoms with Gasteiger partial charge in [-0.15, -0.1) is 0 Å². The van der Waals surface area contributed by atoms with Crippen LogP contribution in [0.3, 0.4) is 0 Å². The topological polar surface area (TPSA) is 276 Å². The lowest BCUT2D eigenvalue weighted by Gasteiger charge is -2.62. The highest BCUT2D eigenvalue weighted by atomic mass is 16.8. The first-order valence-corrected chi connectivity index (χ1v) is 23.8. The molecule has 28 atom stereocenters. The van der Waals surface area contributed by atoms with Gasteiger partial charge in [-0.2, -0.15) is 0 Å². The van der Waals surface area contributed by atoms with Crippen LogP contribution < -0.4 is 0 Å². The van der Waals surface area contributed by atoms with Crippen LogP contribution in [-0.2, 0) is 37.9 Å². The molecule has 9 aliphatic rings. The number of fused-ring (bicyclic) bond motifs is 7.